The first-order valence-corrected chi connectivity index (χ1v) is 3.17. The Morgan fingerprint density at radius 3 is 3.20 bits per heavy atom. The fourth-order valence-corrected chi connectivity index (χ4v) is 0.687. The zero-order valence-electron chi connectivity index (χ0n) is 5.24. The molecular weight excluding hydrogens is 146 g/mol. The molecule has 0 aromatic heterocycles. The summed E-state index contributed by atoms with van der Waals surface area (Å²) in [7, 11) is 0. The van der Waals surface area contributed by atoms with E-state index in [1.165, 1.54) is 0 Å². The summed E-state index contributed by atoms with van der Waals surface area (Å²) in [4.78, 5) is 0.381. The molecule has 0 spiro atoms. The minimum absolute atomic E-state index is 0.381. The monoisotopic (exact) mass is 153 g/mol. The molecule has 1 aliphatic rings. The molecule has 0 aromatic rings. The maximum atomic E-state index is 5.36. The van der Waals surface area contributed by atoms with Gasteiger partial charge < -0.3 is 5.73 Å². The summed E-state index contributed by atoms with van der Waals surface area (Å²) >= 11 is 4.74. The highest BCUT2D eigenvalue weighted by Crippen LogP contribution is 1.96. The Labute approximate surface area is 64.3 Å². The second-order valence-corrected chi connectivity index (χ2v) is 2.17. The number of nitrogens with one attached hydrogen (secondary N) is 1. The van der Waals surface area contributed by atoms with Crippen LogP contribution in [0.2, 0.25) is 0 Å². The number of nitrogens with zero attached hydrogens (tertiary/aromatic N) is 1. The van der Waals surface area contributed by atoms with Crippen molar-refractivity contribution in [2.45, 2.75) is 0 Å². The van der Waals surface area contributed by atoms with Gasteiger partial charge in [-0.05, 0) is 12.2 Å². The van der Waals surface area contributed by atoms with Gasteiger partial charge in [0.1, 0.15) is 4.99 Å². The summed E-state index contributed by atoms with van der Waals surface area (Å²) < 4.78 is 0. The molecule has 3 nitrogen and oxygen atoms in total. The van der Waals surface area contributed by atoms with E-state index in [0.29, 0.717) is 4.99 Å². The van der Waals surface area contributed by atoms with Crippen LogP contribution in [0.15, 0.2) is 29.0 Å². The lowest BCUT2D eigenvalue weighted by atomic mass is 10.2. The van der Waals surface area contributed by atoms with Crippen molar-refractivity contribution < 1.29 is 0 Å². The summed E-state index contributed by atoms with van der Waals surface area (Å²) in [5, 5.41) is 3.75. The molecular formula is C6H7N3S. The summed E-state index contributed by atoms with van der Waals surface area (Å²) in [5.41, 5.74) is 8.82. The standard InChI is InChI=1S/C6H7N3S/c7-6(10)5-1-3-8-9-4-2-5/h1-4,8H,(H2,7,10). The molecule has 10 heavy (non-hydrogen) atoms. The number of nitrogens with two attached hydrogens (primary N) is 1. The molecule has 0 radical (unpaired) electrons. The maximum Gasteiger partial charge on any atom is 0.104 e. The average Bonchev–Trinajstić information content (AvgIpc) is 2.12. The molecule has 0 aromatic carbocycles. The Hall–Kier alpha value is -1.16. The lowest BCUT2D eigenvalue weighted by Gasteiger charge is -1.92. The third-order valence-electron chi connectivity index (χ3n) is 1.03. The molecule has 0 saturated heterocycles. The van der Waals surface area contributed by atoms with Gasteiger partial charge in [-0.1, -0.05) is 12.2 Å². The van der Waals surface area contributed by atoms with Crippen molar-refractivity contribution in [1.82, 2.24) is 5.43 Å². The third-order valence-corrected chi connectivity index (χ3v) is 1.26. The van der Waals surface area contributed by atoms with E-state index in [9.17, 15) is 0 Å². The van der Waals surface area contributed by atoms with Gasteiger partial charge in [0.2, 0.25) is 0 Å². The summed E-state index contributed by atoms with van der Waals surface area (Å²) in [6.07, 6.45) is 6.80. The van der Waals surface area contributed by atoms with Crippen molar-refractivity contribution in [3.63, 3.8) is 0 Å². The maximum absolute atomic E-state index is 5.36. The summed E-state index contributed by atoms with van der Waals surface area (Å²) in [6.45, 7) is 0. The van der Waals surface area contributed by atoms with Crippen molar-refractivity contribution in [2.24, 2.45) is 10.8 Å². The summed E-state index contributed by atoms with van der Waals surface area (Å²) in [5.74, 6) is 0. The predicted molar refractivity (Wildman–Crippen MR) is 45.6 cm³/mol. The molecule has 0 unspecified atom stereocenters. The Balaban J connectivity index is 2.83. The minimum atomic E-state index is 0.381. The molecule has 1 rings (SSSR count). The third kappa shape index (κ3) is 1.66. The van der Waals surface area contributed by atoms with E-state index in [1.807, 2.05) is 0 Å². The van der Waals surface area contributed by atoms with Crippen LogP contribution in [0.1, 0.15) is 0 Å². The highest BCUT2D eigenvalue weighted by atomic mass is 32.1. The molecule has 1 heterocycles. The SMILES string of the molecule is NC(=S)C1=CC=NNC=C1. The zero-order chi connectivity index (χ0) is 7.40. The van der Waals surface area contributed by atoms with Crippen molar-refractivity contribution in [3.05, 3.63) is 23.9 Å². The lowest BCUT2D eigenvalue weighted by Crippen LogP contribution is -2.09. The Kier molecular flexibility index (Phi) is 2.17. The number of rotatable bonds is 1. The van der Waals surface area contributed by atoms with Crippen molar-refractivity contribution >= 4 is 23.4 Å². The van der Waals surface area contributed by atoms with Crippen molar-refractivity contribution in [1.29, 1.82) is 0 Å². The van der Waals surface area contributed by atoms with Crippen LogP contribution >= 0.6 is 12.2 Å². The molecule has 1 aliphatic heterocycles. The van der Waals surface area contributed by atoms with E-state index in [4.69, 9.17) is 18.0 Å². The first-order valence-electron chi connectivity index (χ1n) is 2.76. The van der Waals surface area contributed by atoms with Crippen LogP contribution in [-0.2, 0) is 0 Å². The predicted octanol–water partition coefficient (Wildman–Crippen LogP) is 0.302. The normalized spacial score (nSPS) is 15.4. The van der Waals surface area contributed by atoms with Crippen molar-refractivity contribution in [3.8, 4) is 0 Å². The smallest absolute Gasteiger partial charge is 0.104 e. The Morgan fingerprint density at radius 2 is 2.50 bits per heavy atom. The fourth-order valence-electron chi connectivity index (χ4n) is 0.551. The molecule has 0 aliphatic carbocycles. The van der Waals surface area contributed by atoms with Crippen LogP contribution in [0.4, 0.5) is 0 Å². The molecule has 0 amide bonds. The van der Waals surface area contributed by atoms with E-state index in [0.717, 1.165) is 5.57 Å². The number of hydrogen-bond acceptors (Lipinski definition) is 3. The van der Waals surface area contributed by atoms with E-state index in [-0.39, 0.29) is 0 Å². The highest BCUT2D eigenvalue weighted by molar-refractivity contribution is 7.80. The van der Waals surface area contributed by atoms with Gasteiger partial charge in [-0.15, -0.1) is 0 Å². The number of allylic oxidation sites excluding steroid dienone is 1. The fraction of sp³-hybridized carbons (Fsp3) is 0. The van der Waals surface area contributed by atoms with Gasteiger partial charge in [-0.3, -0.25) is 5.43 Å². The number of thiocarbonyl (C=S) groups is 1. The molecule has 52 valence electrons. The largest absolute Gasteiger partial charge is 0.389 e. The minimum Gasteiger partial charge on any atom is -0.389 e. The second-order valence-electron chi connectivity index (χ2n) is 1.73. The van der Waals surface area contributed by atoms with E-state index < -0.39 is 0 Å². The Bertz CT molecular complexity index is 227. The van der Waals surface area contributed by atoms with Gasteiger partial charge in [0.15, 0.2) is 0 Å². The quantitative estimate of drug-likeness (QED) is 0.533. The molecule has 4 heteroatoms. The van der Waals surface area contributed by atoms with Crippen LogP contribution < -0.4 is 11.2 Å². The molecule has 0 fully saturated rings. The molecule has 3 N–H and O–H groups in total. The first-order chi connectivity index (χ1) is 4.80. The first kappa shape index (κ1) is 6.95. The second kappa shape index (κ2) is 3.12. The van der Waals surface area contributed by atoms with Crippen LogP contribution in [0.5, 0.6) is 0 Å². The summed E-state index contributed by atoms with van der Waals surface area (Å²) in [6, 6.07) is 0. The zero-order valence-corrected chi connectivity index (χ0v) is 6.06. The Morgan fingerprint density at radius 1 is 1.70 bits per heavy atom. The van der Waals surface area contributed by atoms with Crippen LogP contribution in [-0.4, -0.2) is 11.2 Å². The van der Waals surface area contributed by atoms with E-state index >= 15 is 0 Å². The van der Waals surface area contributed by atoms with Gasteiger partial charge in [0.25, 0.3) is 0 Å². The topological polar surface area (TPSA) is 50.4 Å². The van der Waals surface area contributed by atoms with E-state index in [2.05, 4.69) is 10.5 Å². The van der Waals surface area contributed by atoms with E-state index in [1.54, 1.807) is 24.6 Å². The van der Waals surface area contributed by atoms with Crippen LogP contribution in [0.3, 0.4) is 0 Å². The van der Waals surface area contributed by atoms with Gasteiger partial charge >= 0.3 is 0 Å². The van der Waals surface area contributed by atoms with Crippen LogP contribution in [0, 0.1) is 0 Å². The number of hydrogen-bond donors (Lipinski definition) is 2. The van der Waals surface area contributed by atoms with Crippen LogP contribution in [0.25, 0.3) is 0 Å². The van der Waals surface area contributed by atoms with Gasteiger partial charge in [0, 0.05) is 18.0 Å². The highest BCUT2D eigenvalue weighted by Gasteiger charge is 1.94. The number of hydrazone groups is 1. The molecule has 0 bridgehead atoms. The van der Waals surface area contributed by atoms with Gasteiger partial charge in [-0.2, -0.15) is 5.10 Å². The van der Waals surface area contributed by atoms with Crippen molar-refractivity contribution in [2.75, 3.05) is 0 Å². The lowest BCUT2D eigenvalue weighted by molar-refractivity contribution is 0.979. The molecule has 0 atom stereocenters. The van der Waals surface area contributed by atoms with Gasteiger partial charge in [0.05, 0.1) is 0 Å². The van der Waals surface area contributed by atoms with Gasteiger partial charge in [-0.25, -0.2) is 0 Å². The molecule has 0 saturated carbocycles. The average molecular weight is 153 g/mol.